The fourth-order valence-electron chi connectivity index (χ4n) is 2.18. The summed E-state index contributed by atoms with van der Waals surface area (Å²) in [4.78, 5) is 29.1. The van der Waals surface area contributed by atoms with Crippen LogP contribution in [-0.2, 0) is 0 Å². The molecule has 0 fully saturated rings. The van der Waals surface area contributed by atoms with Crippen molar-refractivity contribution in [3.63, 3.8) is 0 Å². The smallest absolute Gasteiger partial charge is 0.215 e. The van der Waals surface area contributed by atoms with Crippen LogP contribution in [0.25, 0.3) is 0 Å². The van der Waals surface area contributed by atoms with Gasteiger partial charge in [-0.1, -0.05) is 53.2 Å². The summed E-state index contributed by atoms with van der Waals surface area (Å²) in [5.41, 5.74) is 0.920. The number of methoxy groups -OCH3 is 1. The highest BCUT2D eigenvalue weighted by Crippen LogP contribution is 2.21. The number of Topliss-reactive ketones (excluding diaryl/α,β-unsaturated/α-hetero) is 2. The first-order chi connectivity index (χ1) is 14.3. The van der Waals surface area contributed by atoms with Crippen LogP contribution >= 0.6 is 0 Å². The van der Waals surface area contributed by atoms with Gasteiger partial charge in [0.05, 0.1) is 12.7 Å². The van der Waals surface area contributed by atoms with Crippen LogP contribution in [0.4, 0.5) is 4.39 Å². The predicted octanol–water partition coefficient (Wildman–Crippen LogP) is 6.63. The van der Waals surface area contributed by atoms with Crippen molar-refractivity contribution in [2.75, 3.05) is 7.11 Å². The minimum Gasteiger partial charge on any atom is -0.494 e. The van der Waals surface area contributed by atoms with E-state index in [4.69, 9.17) is 4.74 Å². The first-order valence-corrected chi connectivity index (χ1v) is 10.3. The Morgan fingerprint density at radius 1 is 1.17 bits per heavy atom. The average molecular weight is 416 g/mol. The van der Waals surface area contributed by atoms with Crippen LogP contribution in [0.3, 0.4) is 0 Å². The van der Waals surface area contributed by atoms with E-state index in [0.29, 0.717) is 5.56 Å². The zero-order valence-corrected chi connectivity index (χ0v) is 19.4. The summed E-state index contributed by atoms with van der Waals surface area (Å²) >= 11 is 0. The molecular weight excluding hydrogens is 381 g/mol. The van der Waals surface area contributed by atoms with Crippen LogP contribution in [0, 0.1) is 18.7 Å². The second-order valence-electron chi connectivity index (χ2n) is 6.68. The summed E-state index contributed by atoms with van der Waals surface area (Å²) in [6.45, 7) is 14.0. The van der Waals surface area contributed by atoms with E-state index in [1.54, 1.807) is 26.0 Å². The molecule has 5 heteroatoms. The standard InChI is InChI=1S/C18H16FNO3.C5H12.C2H6/c1-4-13(18(22)16-11(2)6-5-9-20-16)17(21)12-7-8-15(23-3)14(19)10-12;1-4-5(2)3;1-2/h4-10H,1-3H3;5H,4H2,1-3H3;1-2H3/b13-4-;;. The van der Waals surface area contributed by atoms with Crippen LogP contribution in [-0.4, -0.2) is 23.7 Å². The number of hydrogen-bond donors (Lipinski definition) is 0. The van der Waals surface area contributed by atoms with Crippen molar-refractivity contribution >= 4 is 11.6 Å². The van der Waals surface area contributed by atoms with Crippen LogP contribution in [0.5, 0.6) is 5.75 Å². The maximum absolute atomic E-state index is 13.8. The van der Waals surface area contributed by atoms with Gasteiger partial charge in [-0.05, 0) is 49.6 Å². The summed E-state index contributed by atoms with van der Waals surface area (Å²) in [6, 6.07) is 7.29. The van der Waals surface area contributed by atoms with Gasteiger partial charge in [-0.15, -0.1) is 0 Å². The monoisotopic (exact) mass is 415 g/mol. The largest absolute Gasteiger partial charge is 0.494 e. The number of aromatic nitrogens is 1. The van der Waals surface area contributed by atoms with Gasteiger partial charge < -0.3 is 4.74 Å². The molecule has 0 aliphatic heterocycles. The molecule has 0 saturated carbocycles. The van der Waals surface area contributed by atoms with Crippen LogP contribution < -0.4 is 4.74 Å². The van der Waals surface area contributed by atoms with Gasteiger partial charge in [-0.2, -0.15) is 0 Å². The summed E-state index contributed by atoms with van der Waals surface area (Å²) in [5, 5.41) is 0. The Balaban J connectivity index is 0.00000105. The van der Waals surface area contributed by atoms with Gasteiger partial charge in [-0.25, -0.2) is 4.39 Å². The molecular formula is C25H34FNO3. The SMILES string of the molecule is C/C=C(/C(=O)c1ccc(OC)c(F)c1)C(=O)c1ncccc1C.CC.CCC(C)C. The number of nitrogens with zero attached hydrogens (tertiary/aromatic N) is 1. The number of pyridine rings is 1. The molecule has 0 atom stereocenters. The number of ether oxygens (including phenoxy) is 1. The van der Waals surface area contributed by atoms with Gasteiger partial charge in [0, 0.05) is 11.8 Å². The number of hydrogen-bond acceptors (Lipinski definition) is 4. The Kier molecular flexibility index (Phi) is 12.9. The normalized spacial score (nSPS) is 10.4. The lowest BCUT2D eigenvalue weighted by atomic mass is 9.96. The number of aryl methyl sites for hydroxylation is 1. The molecule has 0 bridgehead atoms. The third kappa shape index (κ3) is 7.90. The van der Waals surface area contributed by atoms with Crippen molar-refractivity contribution in [2.45, 2.75) is 54.9 Å². The van der Waals surface area contributed by atoms with Gasteiger partial charge in [0.2, 0.25) is 5.78 Å². The lowest BCUT2D eigenvalue weighted by molar-refractivity contribution is 0.0959. The molecule has 0 unspecified atom stereocenters. The fraction of sp³-hybridized carbons (Fsp3) is 0.400. The van der Waals surface area contributed by atoms with E-state index >= 15 is 0 Å². The summed E-state index contributed by atoms with van der Waals surface area (Å²) in [6.07, 6.45) is 4.21. The van der Waals surface area contributed by atoms with Gasteiger partial charge in [-0.3, -0.25) is 14.6 Å². The number of allylic oxidation sites excluding steroid dienone is 2. The van der Waals surface area contributed by atoms with Crippen LogP contribution in [0.15, 0.2) is 48.2 Å². The summed E-state index contributed by atoms with van der Waals surface area (Å²) in [7, 11) is 1.34. The molecule has 4 nitrogen and oxygen atoms in total. The van der Waals surface area contributed by atoms with Gasteiger partial charge in [0.15, 0.2) is 17.3 Å². The van der Waals surface area contributed by atoms with E-state index in [9.17, 15) is 14.0 Å². The minimum absolute atomic E-state index is 0.0375. The highest BCUT2D eigenvalue weighted by Gasteiger charge is 2.23. The third-order valence-corrected chi connectivity index (χ3v) is 4.23. The number of carbonyl (C=O) groups excluding carboxylic acids is 2. The Bertz CT molecular complexity index is 857. The van der Waals surface area contributed by atoms with Crippen molar-refractivity contribution < 1.29 is 18.7 Å². The molecule has 0 aliphatic carbocycles. The molecule has 0 N–H and O–H groups in total. The fourth-order valence-corrected chi connectivity index (χ4v) is 2.18. The average Bonchev–Trinajstić information content (AvgIpc) is 2.76. The molecule has 0 amide bonds. The van der Waals surface area contributed by atoms with Crippen molar-refractivity contribution in [1.29, 1.82) is 0 Å². The Morgan fingerprint density at radius 2 is 1.77 bits per heavy atom. The van der Waals surface area contributed by atoms with E-state index < -0.39 is 17.4 Å². The maximum Gasteiger partial charge on any atom is 0.215 e. The number of carbonyl (C=O) groups is 2. The number of halogens is 1. The number of benzene rings is 1. The zero-order valence-electron chi connectivity index (χ0n) is 19.4. The molecule has 164 valence electrons. The highest BCUT2D eigenvalue weighted by atomic mass is 19.1. The molecule has 2 rings (SSSR count). The molecule has 30 heavy (non-hydrogen) atoms. The molecule has 2 aromatic rings. The lowest BCUT2D eigenvalue weighted by Crippen LogP contribution is -2.16. The van der Waals surface area contributed by atoms with Gasteiger partial charge >= 0.3 is 0 Å². The second-order valence-corrected chi connectivity index (χ2v) is 6.68. The number of ketones is 2. The Hall–Kier alpha value is -2.82. The van der Waals surface area contributed by atoms with Gasteiger partial charge in [0.1, 0.15) is 5.69 Å². The van der Waals surface area contributed by atoms with E-state index in [1.165, 1.54) is 37.9 Å². The topological polar surface area (TPSA) is 56.3 Å². The molecule has 0 spiro atoms. The minimum atomic E-state index is -0.657. The summed E-state index contributed by atoms with van der Waals surface area (Å²) in [5.74, 6) is -0.767. The maximum atomic E-state index is 13.8. The zero-order chi connectivity index (χ0) is 23.3. The quantitative estimate of drug-likeness (QED) is 0.230. The van der Waals surface area contributed by atoms with Gasteiger partial charge in [0.25, 0.3) is 0 Å². The number of rotatable bonds is 6. The summed E-state index contributed by atoms with van der Waals surface area (Å²) < 4.78 is 18.6. The van der Waals surface area contributed by atoms with E-state index in [0.717, 1.165) is 12.0 Å². The third-order valence-electron chi connectivity index (χ3n) is 4.23. The van der Waals surface area contributed by atoms with E-state index in [-0.39, 0.29) is 22.6 Å². The van der Waals surface area contributed by atoms with Crippen LogP contribution in [0.1, 0.15) is 74.4 Å². The van der Waals surface area contributed by atoms with Crippen molar-refractivity contribution in [2.24, 2.45) is 5.92 Å². The van der Waals surface area contributed by atoms with E-state index in [2.05, 4.69) is 25.8 Å². The molecule has 0 radical (unpaired) electrons. The first-order valence-electron chi connectivity index (χ1n) is 10.3. The van der Waals surface area contributed by atoms with Crippen molar-refractivity contribution in [3.8, 4) is 5.75 Å². The second kappa shape index (κ2) is 14.2. The highest BCUT2D eigenvalue weighted by molar-refractivity contribution is 6.30. The first kappa shape index (κ1) is 27.2. The molecule has 0 saturated heterocycles. The lowest BCUT2D eigenvalue weighted by Gasteiger charge is -2.08. The predicted molar refractivity (Wildman–Crippen MR) is 121 cm³/mol. The molecule has 0 aliphatic rings. The van der Waals surface area contributed by atoms with Crippen LogP contribution in [0.2, 0.25) is 0 Å². The molecule has 1 heterocycles. The van der Waals surface area contributed by atoms with E-state index in [1.807, 2.05) is 13.8 Å². The Morgan fingerprint density at radius 3 is 2.20 bits per heavy atom. The Labute approximate surface area is 180 Å². The molecule has 1 aromatic carbocycles. The van der Waals surface area contributed by atoms with Crippen molar-refractivity contribution in [3.05, 3.63) is 70.8 Å². The van der Waals surface area contributed by atoms with Crippen molar-refractivity contribution in [1.82, 2.24) is 4.98 Å². The molecule has 1 aromatic heterocycles.